The first kappa shape index (κ1) is 16.8. The average molecular weight is 368 g/mol. The van der Waals surface area contributed by atoms with E-state index in [0.29, 0.717) is 11.3 Å². The summed E-state index contributed by atoms with van der Waals surface area (Å²) in [6, 6.07) is 22.1. The lowest BCUT2D eigenvalue weighted by atomic mass is 10.1. The van der Waals surface area contributed by atoms with E-state index in [-0.39, 0.29) is 17.3 Å². The molecular formula is C20H17FN2O2S. The summed E-state index contributed by atoms with van der Waals surface area (Å²) in [7, 11) is -3.71. The van der Waals surface area contributed by atoms with Crippen LogP contribution >= 0.6 is 0 Å². The quantitative estimate of drug-likeness (QED) is 0.756. The molecule has 0 aromatic heterocycles. The highest BCUT2D eigenvalue weighted by Crippen LogP contribution is 2.39. The molecule has 1 unspecified atom stereocenters. The van der Waals surface area contributed by atoms with Gasteiger partial charge >= 0.3 is 0 Å². The number of fused-ring (bicyclic) bond motifs is 1. The van der Waals surface area contributed by atoms with E-state index in [2.05, 4.69) is 5.32 Å². The monoisotopic (exact) mass is 368 g/mol. The molecule has 0 spiro atoms. The zero-order chi connectivity index (χ0) is 18.1. The third kappa shape index (κ3) is 2.98. The van der Waals surface area contributed by atoms with Crippen LogP contribution in [0, 0.1) is 5.82 Å². The van der Waals surface area contributed by atoms with Crippen molar-refractivity contribution in [3.8, 4) is 0 Å². The molecule has 1 aliphatic rings. The van der Waals surface area contributed by atoms with Crippen LogP contribution in [-0.2, 0) is 16.6 Å². The minimum absolute atomic E-state index is 0.215. The number of benzene rings is 3. The van der Waals surface area contributed by atoms with Crippen molar-refractivity contribution in [3.63, 3.8) is 0 Å². The van der Waals surface area contributed by atoms with Gasteiger partial charge in [0.25, 0.3) is 0 Å². The van der Waals surface area contributed by atoms with Crippen LogP contribution in [0.1, 0.15) is 17.3 Å². The van der Waals surface area contributed by atoms with Crippen molar-refractivity contribution >= 4 is 15.7 Å². The fourth-order valence-electron chi connectivity index (χ4n) is 3.13. The van der Waals surface area contributed by atoms with Crippen LogP contribution in [-0.4, -0.2) is 12.7 Å². The van der Waals surface area contributed by atoms with Gasteiger partial charge in [-0.1, -0.05) is 54.6 Å². The van der Waals surface area contributed by atoms with Crippen LogP contribution in [0.2, 0.25) is 0 Å². The highest BCUT2D eigenvalue weighted by Gasteiger charge is 2.38. The Labute approximate surface area is 152 Å². The second-order valence-corrected chi connectivity index (χ2v) is 7.99. The van der Waals surface area contributed by atoms with Gasteiger partial charge in [-0.3, -0.25) is 0 Å². The lowest BCUT2D eigenvalue weighted by molar-refractivity contribution is 0.336. The smallest absolute Gasteiger partial charge is 0.247 e. The molecule has 3 aromatic rings. The minimum Gasteiger partial charge on any atom is -0.364 e. The number of hydrogen-bond acceptors (Lipinski definition) is 3. The fraction of sp³-hybridized carbons (Fsp3) is 0.100. The Hall–Kier alpha value is -2.70. The first-order valence-corrected chi connectivity index (χ1v) is 9.66. The van der Waals surface area contributed by atoms with Crippen molar-refractivity contribution in [2.75, 3.05) is 5.32 Å². The van der Waals surface area contributed by atoms with Gasteiger partial charge in [-0.05, 0) is 35.4 Å². The van der Waals surface area contributed by atoms with Crippen LogP contribution in [0.4, 0.5) is 10.1 Å². The van der Waals surface area contributed by atoms with Gasteiger partial charge in [0.15, 0.2) is 0 Å². The summed E-state index contributed by atoms with van der Waals surface area (Å²) in [5.74, 6) is -0.359. The second kappa shape index (κ2) is 6.55. The van der Waals surface area contributed by atoms with E-state index < -0.39 is 16.2 Å². The summed E-state index contributed by atoms with van der Waals surface area (Å²) in [6.07, 6.45) is -0.615. The van der Waals surface area contributed by atoms with E-state index in [0.717, 1.165) is 5.56 Å². The zero-order valence-corrected chi connectivity index (χ0v) is 14.7. The van der Waals surface area contributed by atoms with Crippen LogP contribution in [0.5, 0.6) is 0 Å². The minimum atomic E-state index is -3.71. The number of rotatable bonds is 3. The van der Waals surface area contributed by atoms with Crippen molar-refractivity contribution in [2.24, 2.45) is 0 Å². The first-order valence-electron chi connectivity index (χ1n) is 8.22. The van der Waals surface area contributed by atoms with E-state index in [1.807, 2.05) is 30.3 Å². The summed E-state index contributed by atoms with van der Waals surface area (Å²) >= 11 is 0. The number of para-hydroxylation sites is 1. The van der Waals surface area contributed by atoms with E-state index in [4.69, 9.17) is 0 Å². The molecule has 0 saturated heterocycles. The first-order chi connectivity index (χ1) is 12.6. The topological polar surface area (TPSA) is 49.4 Å². The highest BCUT2D eigenvalue weighted by molar-refractivity contribution is 7.89. The molecule has 4 rings (SSSR count). The van der Waals surface area contributed by atoms with Crippen LogP contribution in [0.3, 0.4) is 0 Å². The SMILES string of the molecule is O=S1(=O)c2ccccc2NC(c2ccc(F)cc2)N1Cc1ccccc1. The maximum Gasteiger partial charge on any atom is 0.247 e. The van der Waals surface area contributed by atoms with Crippen LogP contribution < -0.4 is 5.32 Å². The molecule has 26 heavy (non-hydrogen) atoms. The van der Waals surface area contributed by atoms with Crippen molar-refractivity contribution in [1.82, 2.24) is 4.31 Å². The standard InChI is InChI=1S/C20H17FN2O2S/c21-17-12-10-16(11-13-17)20-22-18-8-4-5-9-19(18)26(24,25)23(20)14-15-6-2-1-3-7-15/h1-13,20,22H,14H2. The van der Waals surface area contributed by atoms with Crippen molar-refractivity contribution in [1.29, 1.82) is 0 Å². The summed E-state index contributed by atoms with van der Waals surface area (Å²) in [5, 5.41) is 3.28. The predicted octanol–water partition coefficient (Wildman–Crippen LogP) is 4.14. The Morgan fingerprint density at radius 2 is 1.54 bits per heavy atom. The molecule has 1 N–H and O–H groups in total. The molecule has 132 valence electrons. The largest absolute Gasteiger partial charge is 0.364 e. The normalized spacial score (nSPS) is 18.7. The Morgan fingerprint density at radius 3 is 2.27 bits per heavy atom. The molecule has 0 amide bonds. The van der Waals surface area contributed by atoms with E-state index in [1.54, 1.807) is 36.4 Å². The van der Waals surface area contributed by atoms with E-state index >= 15 is 0 Å². The van der Waals surface area contributed by atoms with Gasteiger partial charge in [-0.15, -0.1) is 0 Å². The maximum absolute atomic E-state index is 13.3. The van der Waals surface area contributed by atoms with Crippen LogP contribution in [0.25, 0.3) is 0 Å². The number of halogens is 1. The Bertz CT molecular complexity index is 1020. The van der Waals surface area contributed by atoms with Gasteiger partial charge in [0.1, 0.15) is 16.9 Å². The van der Waals surface area contributed by atoms with Gasteiger partial charge in [-0.25, -0.2) is 12.8 Å². The molecule has 1 atom stereocenters. The second-order valence-electron chi connectivity index (χ2n) is 6.13. The zero-order valence-electron chi connectivity index (χ0n) is 13.8. The van der Waals surface area contributed by atoms with E-state index in [9.17, 15) is 12.8 Å². The van der Waals surface area contributed by atoms with Gasteiger partial charge in [0, 0.05) is 6.54 Å². The summed E-state index contributed by atoms with van der Waals surface area (Å²) in [6.45, 7) is 0.215. The molecule has 6 heteroatoms. The molecule has 1 heterocycles. The maximum atomic E-state index is 13.3. The number of sulfonamides is 1. The average Bonchev–Trinajstić information content (AvgIpc) is 2.66. The molecular weight excluding hydrogens is 351 g/mol. The van der Waals surface area contributed by atoms with Gasteiger partial charge < -0.3 is 5.32 Å². The summed E-state index contributed by atoms with van der Waals surface area (Å²) < 4.78 is 41.3. The van der Waals surface area contributed by atoms with Crippen molar-refractivity contribution in [2.45, 2.75) is 17.6 Å². The number of nitrogens with zero attached hydrogens (tertiary/aromatic N) is 1. The predicted molar refractivity (Wildman–Crippen MR) is 98.4 cm³/mol. The fourth-order valence-corrected chi connectivity index (χ4v) is 4.81. The molecule has 3 aromatic carbocycles. The third-order valence-electron chi connectivity index (χ3n) is 4.42. The van der Waals surface area contributed by atoms with Gasteiger partial charge in [-0.2, -0.15) is 4.31 Å². The Kier molecular flexibility index (Phi) is 4.22. The summed E-state index contributed by atoms with van der Waals surface area (Å²) in [5.41, 5.74) is 2.11. The molecule has 0 saturated carbocycles. The third-order valence-corrected chi connectivity index (χ3v) is 6.29. The van der Waals surface area contributed by atoms with Crippen molar-refractivity contribution < 1.29 is 12.8 Å². The number of nitrogens with one attached hydrogen (secondary N) is 1. The Balaban J connectivity index is 1.83. The molecule has 0 bridgehead atoms. The lowest BCUT2D eigenvalue weighted by Crippen LogP contribution is -2.42. The summed E-state index contributed by atoms with van der Waals surface area (Å²) in [4.78, 5) is 0.245. The number of anilines is 1. The van der Waals surface area contributed by atoms with Gasteiger partial charge in [0.05, 0.1) is 5.69 Å². The number of hydrogen-bond donors (Lipinski definition) is 1. The molecule has 0 radical (unpaired) electrons. The molecule has 0 fully saturated rings. The molecule has 0 aliphatic carbocycles. The molecule has 1 aliphatic heterocycles. The van der Waals surface area contributed by atoms with Crippen LogP contribution in [0.15, 0.2) is 83.8 Å². The van der Waals surface area contributed by atoms with E-state index in [1.165, 1.54) is 16.4 Å². The Morgan fingerprint density at radius 1 is 0.885 bits per heavy atom. The highest BCUT2D eigenvalue weighted by atomic mass is 32.2. The molecule has 4 nitrogen and oxygen atoms in total. The van der Waals surface area contributed by atoms with Gasteiger partial charge in [0.2, 0.25) is 10.0 Å². The lowest BCUT2D eigenvalue weighted by Gasteiger charge is -2.37. The van der Waals surface area contributed by atoms with Crippen molar-refractivity contribution in [3.05, 3.63) is 95.8 Å².